The average Bonchev–Trinajstić information content (AvgIpc) is 2.71. The highest BCUT2D eigenvalue weighted by Crippen LogP contribution is 2.42. The van der Waals surface area contributed by atoms with Crippen LogP contribution in [0, 0.1) is 11.8 Å². The number of hydrogen-bond donors (Lipinski definition) is 1. The maximum absolute atomic E-state index is 9.89. The third kappa shape index (κ3) is 2.21. The summed E-state index contributed by atoms with van der Waals surface area (Å²) in [5, 5.41) is 9.89. The van der Waals surface area contributed by atoms with Crippen molar-refractivity contribution < 1.29 is 5.11 Å². The lowest BCUT2D eigenvalue weighted by Crippen LogP contribution is -2.19. The molecule has 2 aliphatic carbocycles. The highest BCUT2D eigenvalue weighted by atomic mass is 16.3. The van der Waals surface area contributed by atoms with Gasteiger partial charge in [-0.25, -0.2) is 0 Å². The highest BCUT2D eigenvalue weighted by Gasteiger charge is 2.34. The molecule has 1 heteroatoms. The van der Waals surface area contributed by atoms with Gasteiger partial charge in [0.25, 0.3) is 0 Å². The molecule has 4 unspecified atom stereocenters. The number of hydrogen-bond acceptors (Lipinski definition) is 1. The minimum absolute atomic E-state index is 0.0474. The predicted octanol–water partition coefficient (Wildman–Crippen LogP) is 3.90. The van der Waals surface area contributed by atoms with E-state index in [9.17, 15) is 5.11 Å². The summed E-state index contributed by atoms with van der Waals surface area (Å²) in [6.07, 6.45) is 7.42. The number of aliphatic hydroxyl groups is 1. The summed E-state index contributed by atoms with van der Waals surface area (Å²) in [6, 6.07) is 8.98. The maximum atomic E-state index is 9.89. The Bertz CT molecular complexity index is 412. The van der Waals surface area contributed by atoms with Crippen LogP contribution in [-0.2, 0) is 6.42 Å². The first-order valence-corrected chi connectivity index (χ1v) is 7.51. The number of benzene rings is 1. The number of aliphatic hydroxyl groups excluding tert-OH is 1. The SMILES string of the molecule is CC1C(O)CCC1CC1CCCc2ccccc21. The normalized spacial score (nSPS) is 35.4. The molecule has 1 saturated carbocycles. The van der Waals surface area contributed by atoms with Crippen LogP contribution < -0.4 is 0 Å². The molecule has 0 amide bonds. The van der Waals surface area contributed by atoms with Crippen LogP contribution in [-0.4, -0.2) is 11.2 Å². The molecule has 18 heavy (non-hydrogen) atoms. The van der Waals surface area contributed by atoms with E-state index in [1.807, 2.05) is 0 Å². The van der Waals surface area contributed by atoms with Crippen molar-refractivity contribution in [1.82, 2.24) is 0 Å². The fourth-order valence-electron chi connectivity index (χ4n) is 4.02. The van der Waals surface area contributed by atoms with Crippen molar-refractivity contribution in [2.75, 3.05) is 0 Å². The first-order valence-electron chi connectivity index (χ1n) is 7.51. The lowest BCUT2D eigenvalue weighted by atomic mass is 9.76. The van der Waals surface area contributed by atoms with Gasteiger partial charge in [0, 0.05) is 0 Å². The fourth-order valence-corrected chi connectivity index (χ4v) is 4.02. The van der Waals surface area contributed by atoms with Crippen LogP contribution in [0.1, 0.15) is 56.1 Å². The smallest absolute Gasteiger partial charge is 0.0568 e. The number of aryl methyl sites for hydroxylation is 1. The standard InChI is InChI=1S/C17H24O/c1-12-14(9-10-17(12)18)11-15-7-4-6-13-5-2-3-8-16(13)15/h2-3,5,8,12,14-15,17-18H,4,6-7,9-11H2,1H3. The first kappa shape index (κ1) is 12.2. The molecular weight excluding hydrogens is 220 g/mol. The van der Waals surface area contributed by atoms with Gasteiger partial charge in [0.1, 0.15) is 0 Å². The van der Waals surface area contributed by atoms with E-state index in [2.05, 4.69) is 31.2 Å². The van der Waals surface area contributed by atoms with E-state index in [4.69, 9.17) is 0 Å². The van der Waals surface area contributed by atoms with Gasteiger partial charge in [-0.3, -0.25) is 0 Å². The predicted molar refractivity (Wildman–Crippen MR) is 74.6 cm³/mol. The molecular formula is C17H24O. The Morgan fingerprint density at radius 3 is 2.78 bits per heavy atom. The van der Waals surface area contributed by atoms with Crippen LogP contribution >= 0.6 is 0 Å². The van der Waals surface area contributed by atoms with Crippen LogP contribution in [0.5, 0.6) is 0 Å². The topological polar surface area (TPSA) is 20.2 Å². The van der Waals surface area contributed by atoms with Crippen molar-refractivity contribution in [2.24, 2.45) is 11.8 Å². The quantitative estimate of drug-likeness (QED) is 0.836. The zero-order valence-electron chi connectivity index (χ0n) is 11.3. The second-order valence-corrected chi connectivity index (χ2v) is 6.29. The zero-order valence-corrected chi connectivity index (χ0v) is 11.3. The van der Waals surface area contributed by atoms with Gasteiger partial charge in [-0.05, 0) is 67.4 Å². The molecule has 3 rings (SSSR count). The molecule has 1 nitrogen and oxygen atoms in total. The number of fused-ring (bicyclic) bond motifs is 1. The molecule has 1 aromatic rings. The van der Waals surface area contributed by atoms with Gasteiger partial charge in [-0.2, -0.15) is 0 Å². The van der Waals surface area contributed by atoms with Crippen LogP contribution in [0.25, 0.3) is 0 Å². The Kier molecular flexibility index (Phi) is 3.43. The van der Waals surface area contributed by atoms with Crippen molar-refractivity contribution in [3.05, 3.63) is 35.4 Å². The van der Waals surface area contributed by atoms with E-state index in [1.165, 1.54) is 32.1 Å². The van der Waals surface area contributed by atoms with Crippen LogP contribution in [0.4, 0.5) is 0 Å². The van der Waals surface area contributed by atoms with Crippen molar-refractivity contribution in [1.29, 1.82) is 0 Å². The van der Waals surface area contributed by atoms with Gasteiger partial charge in [0.05, 0.1) is 6.10 Å². The van der Waals surface area contributed by atoms with E-state index in [0.717, 1.165) is 18.3 Å². The summed E-state index contributed by atoms with van der Waals surface area (Å²) in [6.45, 7) is 2.23. The summed E-state index contributed by atoms with van der Waals surface area (Å²) < 4.78 is 0. The van der Waals surface area contributed by atoms with E-state index in [1.54, 1.807) is 11.1 Å². The highest BCUT2D eigenvalue weighted by molar-refractivity contribution is 5.32. The van der Waals surface area contributed by atoms with Crippen molar-refractivity contribution in [3.8, 4) is 0 Å². The summed E-state index contributed by atoms with van der Waals surface area (Å²) in [5.41, 5.74) is 3.16. The van der Waals surface area contributed by atoms with Gasteiger partial charge < -0.3 is 5.11 Å². The Labute approximate surface area is 110 Å². The van der Waals surface area contributed by atoms with E-state index < -0.39 is 0 Å². The van der Waals surface area contributed by atoms with Gasteiger partial charge in [0.15, 0.2) is 0 Å². The summed E-state index contributed by atoms with van der Waals surface area (Å²) in [7, 11) is 0. The largest absolute Gasteiger partial charge is 0.393 e. The third-order valence-electron chi connectivity index (χ3n) is 5.26. The summed E-state index contributed by atoms with van der Waals surface area (Å²) in [5.74, 6) is 1.97. The van der Waals surface area contributed by atoms with Crippen LogP contribution in [0.3, 0.4) is 0 Å². The molecule has 4 atom stereocenters. The lowest BCUT2D eigenvalue weighted by Gasteiger charge is -2.29. The van der Waals surface area contributed by atoms with Crippen LogP contribution in [0.2, 0.25) is 0 Å². The monoisotopic (exact) mass is 244 g/mol. The molecule has 1 aromatic carbocycles. The Hall–Kier alpha value is -0.820. The molecule has 1 N–H and O–H groups in total. The summed E-state index contributed by atoms with van der Waals surface area (Å²) in [4.78, 5) is 0. The first-order chi connectivity index (χ1) is 8.75. The molecule has 0 aliphatic heterocycles. The average molecular weight is 244 g/mol. The Morgan fingerprint density at radius 2 is 2.00 bits per heavy atom. The lowest BCUT2D eigenvalue weighted by molar-refractivity contribution is 0.124. The van der Waals surface area contributed by atoms with Gasteiger partial charge in [-0.15, -0.1) is 0 Å². The minimum atomic E-state index is -0.0474. The Balaban J connectivity index is 1.75. The molecule has 0 aromatic heterocycles. The molecule has 0 radical (unpaired) electrons. The number of rotatable bonds is 2. The third-order valence-corrected chi connectivity index (χ3v) is 5.26. The molecule has 98 valence electrons. The van der Waals surface area contributed by atoms with Crippen molar-refractivity contribution in [3.63, 3.8) is 0 Å². The van der Waals surface area contributed by atoms with Crippen molar-refractivity contribution in [2.45, 2.75) is 57.5 Å². The Morgan fingerprint density at radius 1 is 1.17 bits per heavy atom. The minimum Gasteiger partial charge on any atom is -0.393 e. The van der Waals surface area contributed by atoms with Gasteiger partial charge in [-0.1, -0.05) is 31.2 Å². The van der Waals surface area contributed by atoms with Crippen LogP contribution in [0.15, 0.2) is 24.3 Å². The molecule has 0 bridgehead atoms. The van der Waals surface area contributed by atoms with E-state index in [-0.39, 0.29) is 6.10 Å². The fraction of sp³-hybridized carbons (Fsp3) is 0.647. The molecule has 0 saturated heterocycles. The molecule has 0 spiro atoms. The zero-order chi connectivity index (χ0) is 12.5. The molecule has 0 heterocycles. The van der Waals surface area contributed by atoms with E-state index >= 15 is 0 Å². The molecule has 2 aliphatic rings. The van der Waals surface area contributed by atoms with E-state index in [0.29, 0.717) is 5.92 Å². The van der Waals surface area contributed by atoms with Gasteiger partial charge in [0.2, 0.25) is 0 Å². The summed E-state index contributed by atoms with van der Waals surface area (Å²) >= 11 is 0. The maximum Gasteiger partial charge on any atom is 0.0568 e. The van der Waals surface area contributed by atoms with Crippen molar-refractivity contribution >= 4 is 0 Å². The second-order valence-electron chi connectivity index (χ2n) is 6.29. The second kappa shape index (κ2) is 5.05. The van der Waals surface area contributed by atoms with Gasteiger partial charge >= 0.3 is 0 Å². The molecule has 1 fully saturated rings.